The van der Waals surface area contributed by atoms with E-state index in [9.17, 15) is 4.79 Å². The Kier molecular flexibility index (Phi) is 8.72. The SMILES string of the molecule is CCOC[C@H](CC(C)C)NC(=O)CCCCCn1c(C)nc2cnccc21. The molecule has 0 aromatic carbocycles. The first-order chi connectivity index (χ1) is 13.0. The number of hydrogen-bond donors (Lipinski definition) is 1. The molecule has 2 aromatic rings. The van der Waals surface area contributed by atoms with Crippen molar-refractivity contribution < 1.29 is 9.53 Å². The predicted octanol–water partition coefficient (Wildman–Crippen LogP) is 3.87. The van der Waals surface area contributed by atoms with E-state index in [-0.39, 0.29) is 11.9 Å². The molecule has 0 aliphatic carbocycles. The van der Waals surface area contributed by atoms with Gasteiger partial charge in [0.2, 0.25) is 5.91 Å². The van der Waals surface area contributed by atoms with Crippen LogP contribution in [-0.2, 0) is 16.1 Å². The van der Waals surface area contributed by atoms with Gasteiger partial charge in [0.1, 0.15) is 11.3 Å². The Morgan fingerprint density at radius 1 is 1.30 bits per heavy atom. The Morgan fingerprint density at radius 3 is 2.85 bits per heavy atom. The number of amides is 1. The van der Waals surface area contributed by atoms with Crippen molar-refractivity contribution in [2.75, 3.05) is 13.2 Å². The van der Waals surface area contributed by atoms with Crippen molar-refractivity contribution in [3.8, 4) is 0 Å². The van der Waals surface area contributed by atoms with E-state index in [4.69, 9.17) is 4.74 Å². The van der Waals surface area contributed by atoms with Crippen LogP contribution in [0.5, 0.6) is 0 Å². The summed E-state index contributed by atoms with van der Waals surface area (Å²) in [7, 11) is 0. The molecule has 27 heavy (non-hydrogen) atoms. The lowest BCUT2D eigenvalue weighted by Gasteiger charge is -2.20. The molecule has 2 heterocycles. The molecule has 2 rings (SSSR count). The van der Waals surface area contributed by atoms with Crippen LogP contribution in [0.1, 0.15) is 58.7 Å². The van der Waals surface area contributed by atoms with Gasteiger partial charge in [-0.15, -0.1) is 0 Å². The van der Waals surface area contributed by atoms with Crippen LogP contribution in [0.3, 0.4) is 0 Å². The summed E-state index contributed by atoms with van der Waals surface area (Å²) in [5.74, 6) is 1.69. The fourth-order valence-electron chi connectivity index (χ4n) is 3.41. The molecule has 0 bridgehead atoms. The Bertz CT molecular complexity index is 711. The van der Waals surface area contributed by atoms with Crippen molar-refractivity contribution in [2.24, 2.45) is 5.92 Å². The highest BCUT2D eigenvalue weighted by Crippen LogP contribution is 2.15. The second-order valence-corrected chi connectivity index (χ2v) is 7.54. The van der Waals surface area contributed by atoms with Gasteiger partial charge < -0.3 is 14.6 Å². The summed E-state index contributed by atoms with van der Waals surface area (Å²) in [5, 5.41) is 3.13. The van der Waals surface area contributed by atoms with E-state index in [2.05, 4.69) is 33.7 Å². The number of unbranched alkanes of at least 4 members (excludes halogenated alkanes) is 2. The monoisotopic (exact) mass is 374 g/mol. The van der Waals surface area contributed by atoms with Crippen molar-refractivity contribution in [2.45, 2.75) is 72.4 Å². The number of nitrogens with one attached hydrogen (secondary N) is 1. The number of fused-ring (bicyclic) bond motifs is 1. The zero-order valence-electron chi connectivity index (χ0n) is 17.2. The number of rotatable bonds is 12. The summed E-state index contributed by atoms with van der Waals surface area (Å²) in [5.41, 5.74) is 2.08. The largest absolute Gasteiger partial charge is 0.380 e. The quantitative estimate of drug-likeness (QED) is 0.573. The van der Waals surface area contributed by atoms with Gasteiger partial charge in [0, 0.05) is 25.8 Å². The smallest absolute Gasteiger partial charge is 0.220 e. The van der Waals surface area contributed by atoms with Gasteiger partial charge in [0.05, 0.1) is 24.4 Å². The molecule has 1 atom stereocenters. The highest BCUT2D eigenvalue weighted by molar-refractivity contribution is 5.76. The minimum absolute atomic E-state index is 0.117. The molecule has 0 unspecified atom stereocenters. The molecule has 0 aliphatic heterocycles. The van der Waals surface area contributed by atoms with E-state index in [0.717, 1.165) is 49.1 Å². The van der Waals surface area contributed by atoms with Crippen LogP contribution in [-0.4, -0.2) is 39.7 Å². The molecular weight excluding hydrogens is 340 g/mol. The van der Waals surface area contributed by atoms with Gasteiger partial charge in [0.25, 0.3) is 0 Å². The van der Waals surface area contributed by atoms with Gasteiger partial charge in [-0.2, -0.15) is 0 Å². The van der Waals surface area contributed by atoms with Crippen molar-refractivity contribution in [1.82, 2.24) is 19.9 Å². The third kappa shape index (κ3) is 6.94. The van der Waals surface area contributed by atoms with Crippen molar-refractivity contribution in [3.63, 3.8) is 0 Å². The molecule has 0 aliphatic rings. The molecule has 0 saturated heterocycles. The normalized spacial score (nSPS) is 12.6. The first-order valence-corrected chi connectivity index (χ1v) is 10.1. The average Bonchev–Trinajstić information content (AvgIpc) is 2.94. The number of imidazole rings is 1. The summed E-state index contributed by atoms with van der Waals surface area (Å²) in [4.78, 5) is 20.9. The average molecular weight is 375 g/mol. The van der Waals surface area contributed by atoms with Gasteiger partial charge in [0.15, 0.2) is 0 Å². The minimum atomic E-state index is 0.117. The lowest BCUT2D eigenvalue weighted by Crippen LogP contribution is -2.39. The van der Waals surface area contributed by atoms with Crippen LogP contribution in [0.2, 0.25) is 0 Å². The number of nitrogens with zero attached hydrogens (tertiary/aromatic N) is 3. The molecule has 0 saturated carbocycles. The van der Waals surface area contributed by atoms with E-state index in [0.29, 0.717) is 25.6 Å². The molecule has 6 nitrogen and oxygen atoms in total. The Balaban J connectivity index is 1.71. The van der Waals surface area contributed by atoms with Gasteiger partial charge in [-0.3, -0.25) is 9.78 Å². The Hall–Kier alpha value is -1.95. The van der Waals surface area contributed by atoms with E-state index < -0.39 is 0 Å². The summed E-state index contributed by atoms with van der Waals surface area (Å²) in [6, 6.07) is 2.13. The number of pyridine rings is 1. The Labute approximate surface area is 162 Å². The zero-order chi connectivity index (χ0) is 19.6. The molecule has 0 spiro atoms. The fraction of sp³-hybridized carbons (Fsp3) is 0.667. The third-order valence-corrected chi connectivity index (χ3v) is 4.67. The third-order valence-electron chi connectivity index (χ3n) is 4.67. The van der Waals surface area contributed by atoms with Crippen LogP contribution in [0, 0.1) is 12.8 Å². The molecule has 150 valence electrons. The number of aromatic nitrogens is 3. The van der Waals surface area contributed by atoms with Crippen molar-refractivity contribution in [1.29, 1.82) is 0 Å². The first kappa shape index (κ1) is 21.4. The van der Waals surface area contributed by atoms with Crippen LogP contribution < -0.4 is 5.32 Å². The maximum Gasteiger partial charge on any atom is 0.220 e. The lowest BCUT2D eigenvalue weighted by molar-refractivity contribution is -0.122. The van der Waals surface area contributed by atoms with Crippen LogP contribution in [0.25, 0.3) is 11.0 Å². The number of carbonyl (C=O) groups is 1. The van der Waals surface area contributed by atoms with Gasteiger partial charge >= 0.3 is 0 Å². The van der Waals surface area contributed by atoms with Gasteiger partial charge in [-0.25, -0.2) is 4.98 Å². The molecule has 0 radical (unpaired) electrons. The number of carbonyl (C=O) groups excluding carboxylic acids is 1. The summed E-state index contributed by atoms with van der Waals surface area (Å²) in [6.45, 7) is 10.6. The summed E-state index contributed by atoms with van der Waals surface area (Å²) in [6.07, 6.45) is 8.11. The molecule has 6 heteroatoms. The molecule has 1 amide bonds. The highest BCUT2D eigenvalue weighted by atomic mass is 16.5. The predicted molar refractivity (Wildman–Crippen MR) is 109 cm³/mol. The molecule has 0 fully saturated rings. The maximum absolute atomic E-state index is 12.2. The molecule has 2 aromatic heterocycles. The maximum atomic E-state index is 12.2. The fourth-order valence-corrected chi connectivity index (χ4v) is 3.41. The number of ether oxygens (including phenoxy) is 1. The Morgan fingerprint density at radius 2 is 2.11 bits per heavy atom. The molecule has 1 N–H and O–H groups in total. The summed E-state index contributed by atoms with van der Waals surface area (Å²) < 4.78 is 7.73. The van der Waals surface area contributed by atoms with Crippen molar-refractivity contribution >= 4 is 16.9 Å². The zero-order valence-corrected chi connectivity index (χ0v) is 17.2. The number of aryl methyl sites for hydroxylation is 2. The topological polar surface area (TPSA) is 69.0 Å². The van der Waals surface area contributed by atoms with Gasteiger partial charge in [-0.05, 0) is 45.1 Å². The number of hydrogen-bond acceptors (Lipinski definition) is 4. The van der Waals surface area contributed by atoms with Gasteiger partial charge in [-0.1, -0.05) is 20.3 Å². The summed E-state index contributed by atoms with van der Waals surface area (Å²) >= 11 is 0. The van der Waals surface area contributed by atoms with E-state index in [1.54, 1.807) is 12.4 Å². The highest BCUT2D eigenvalue weighted by Gasteiger charge is 2.14. The van der Waals surface area contributed by atoms with E-state index in [1.165, 1.54) is 0 Å². The van der Waals surface area contributed by atoms with E-state index >= 15 is 0 Å². The standard InChI is InChI=1S/C21H34N4O2/c1-5-27-15-18(13-16(2)3)24-21(26)9-7-6-8-12-25-17(4)23-19-14-22-11-10-20(19)25/h10-11,14,16,18H,5-9,12-13,15H2,1-4H3,(H,24,26)/t18-/m0/s1. The second kappa shape index (κ2) is 11.0. The van der Waals surface area contributed by atoms with Crippen molar-refractivity contribution in [3.05, 3.63) is 24.3 Å². The van der Waals surface area contributed by atoms with Crippen LogP contribution >= 0.6 is 0 Å². The second-order valence-electron chi connectivity index (χ2n) is 7.54. The lowest BCUT2D eigenvalue weighted by atomic mass is 10.0. The minimum Gasteiger partial charge on any atom is -0.380 e. The van der Waals surface area contributed by atoms with Crippen LogP contribution in [0.15, 0.2) is 18.5 Å². The molecular formula is C21H34N4O2. The van der Waals surface area contributed by atoms with E-state index in [1.807, 2.05) is 19.9 Å². The first-order valence-electron chi connectivity index (χ1n) is 10.1. The van der Waals surface area contributed by atoms with Crippen LogP contribution in [0.4, 0.5) is 0 Å².